The Labute approximate surface area is 184 Å². The first-order valence-electron chi connectivity index (χ1n) is 8.90. The third kappa shape index (κ3) is 4.05. The molecule has 2 aromatic rings. The van der Waals surface area contributed by atoms with Crippen molar-refractivity contribution in [1.29, 1.82) is 0 Å². The van der Waals surface area contributed by atoms with Crippen molar-refractivity contribution in [2.45, 2.75) is 17.5 Å². The van der Waals surface area contributed by atoms with E-state index in [9.17, 15) is 9.59 Å². The summed E-state index contributed by atoms with van der Waals surface area (Å²) >= 11 is 3.05. The molecule has 1 fully saturated rings. The number of carbonyl (C=O) groups is 2. The number of halogens is 1. The van der Waals surface area contributed by atoms with Gasteiger partial charge in [-0.05, 0) is 17.4 Å². The number of hydrogen-bond acceptors (Lipinski definition) is 6. The highest BCUT2D eigenvalue weighted by Gasteiger charge is 2.52. The van der Waals surface area contributed by atoms with Gasteiger partial charge in [-0.25, -0.2) is 4.79 Å². The summed E-state index contributed by atoms with van der Waals surface area (Å²) in [6.45, 7) is 0. The molecule has 29 heavy (non-hydrogen) atoms. The van der Waals surface area contributed by atoms with Crippen LogP contribution in [0.2, 0.25) is 0 Å². The lowest BCUT2D eigenvalue weighted by atomic mass is 10.0. The van der Waals surface area contributed by atoms with Crippen LogP contribution >= 0.6 is 35.9 Å². The second-order valence-electron chi connectivity index (χ2n) is 6.52. The fourth-order valence-corrected chi connectivity index (χ4v) is 5.57. The first-order valence-corrected chi connectivity index (χ1v) is 11.2. The molecular formula is C21H21ClN2O3S2. The van der Waals surface area contributed by atoms with Crippen LogP contribution in [0.25, 0.3) is 0 Å². The molecule has 0 aromatic heterocycles. The second kappa shape index (κ2) is 9.26. The summed E-state index contributed by atoms with van der Waals surface area (Å²) < 4.78 is 5.98. The zero-order valence-corrected chi connectivity index (χ0v) is 18.1. The van der Waals surface area contributed by atoms with Crippen LogP contribution in [0.1, 0.15) is 17.2 Å². The van der Waals surface area contributed by atoms with E-state index in [0.29, 0.717) is 11.4 Å². The predicted molar refractivity (Wildman–Crippen MR) is 120 cm³/mol. The number of nitrogens with zero attached hydrogens (tertiary/aromatic N) is 1. The number of fused-ring (bicyclic) bond motifs is 1. The van der Waals surface area contributed by atoms with Gasteiger partial charge in [0.05, 0.1) is 0 Å². The van der Waals surface area contributed by atoms with Crippen LogP contribution in [-0.4, -0.2) is 40.2 Å². The van der Waals surface area contributed by atoms with Gasteiger partial charge in [0, 0.05) is 10.7 Å². The maximum atomic E-state index is 13.2. The molecule has 2 heterocycles. The molecule has 0 spiro atoms. The smallest absolute Gasteiger partial charge is 0.356 e. The summed E-state index contributed by atoms with van der Waals surface area (Å²) in [5.41, 5.74) is 8.00. The van der Waals surface area contributed by atoms with Gasteiger partial charge >= 0.3 is 5.97 Å². The first-order chi connectivity index (χ1) is 13.6. The predicted octanol–water partition coefficient (Wildman–Crippen LogP) is 3.56. The lowest BCUT2D eigenvalue weighted by molar-refractivity contribution is -0.152. The third-order valence-corrected chi connectivity index (χ3v) is 7.16. The first kappa shape index (κ1) is 21.8. The molecule has 1 amide bonds. The minimum atomic E-state index is -0.560. The van der Waals surface area contributed by atoms with Gasteiger partial charge in [-0.15, -0.1) is 35.9 Å². The van der Waals surface area contributed by atoms with Crippen LogP contribution in [-0.2, 0) is 14.3 Å². The Morgan fingerprint density at radius 1 is 1.14 bits per heavy atom. The molecule has 5 nitrogen and oxygen atoms in total. The van der Waals surface area contributed by atoms with Crippen LogP contribution in [0.4, 0.5) is 0 Å². The number of hydrogen-bond donors (Lipinski definition) is 1. The van der Waals surface area contributed by atoms with Crippen molar-refractivity contribution in [3.05, 3.63) is 82.4 Å². The molecule has 2 aromatic carbocycles. The number of ether oxygens (including phenoxy) is 1. The number of thioether (sulfide) groups is 2. The minimum Gasteiger partial charge on any atom is -0.448 e. The zero-order chi connectivity index (χ0) is 19.7. The van der Waals surface area contributed by atoms with Crippen molar-refractivity contribution in [2.24, 2.45) is 5.73 Å². The van der Waals surface area contributed by atoms with Gasteiger partial charge in [-0.2, -0.15) is 0 Å². The summed E-state index contributed by atoms with van der Waals surface area (Å²) in [6, 6.07) is 18.7. The third-order valence-electron chi connectivity index (χ3n) is 4.84. The summed E-state index contributed by atoms with van der Waals surface area (Å²) in [7, 11) is 0. The molecule has 0 aliphatic carbocycles. The van der Waals surface area contributed by atoms with Gasteiger partial charge in [-0.1, -0.05) is 60.7 Å². The molecule has 8 heteroatoms. The second-order valence-corrected chi connectivity index (χ2v) is 8.52. The molecule has 1 unspecified atom stereocenters. The molecule has 2 aliphatic heterocycles. The average Bonchev–Trinajstić information content (AvgIpc) is 2.76. The van der Waals surface area contributed by atoms with Crippen molar-refractivity contribution in [3.8, 4) is 0 Å². The number of carbonyl (C=O) groups excluding carboxylic acids is 2. The van der Waals surface area contributed by atoms with Gasteiger partial charge in [0.2, 0.25) is 5.91 Å². The van der Waals surface area contributed by atoms with Crippen LogP contribution in [0.5, 0.6) is 0 Å². The van der Waals surface area contributed by atoms with E-state index in [-0.39, 0.29) is 23.7 Å². The largest absolute Gasteiger partial charge is 0.448 e. The maximum Gasteiger partial charge on any atom is 0.356 e. The molecule has 0 saturated carbocycles. The van der Waals surface area contributed by atoms with E-state index in [4.69, 9.17) is 10.5 Å². The van der Waals surface area contributed by atoms with Gasteiger partial charge in [0.15, 0.2) is 6.10 Å². The lowest BCUT2D eigenvalue weighted by Gasteiger charge is -2.48. The Balaban J connectivity index is 0.00000240. The van der Waals surface area contributed by atoms with E-state index >= 15 is 0 Å². The number of amides is 1. The van der Waals surface area contributed by atoms with E-state index < -0.39 is 18.1 Å². The Hall–Kier alpha value is -1.93. The SMILES string of the molecule is CSC1=C(C(=O)OC(c2ccccc2)c2ccccc2)N2C(=O)C(N)[C@@H]2SC1.Cl. The quantitative estimate of drug-likeness (QED) is 0.557. The lowest BCUT2D eigenvalue weighted by Crippen LogP contribution is -2.68. The van der Waals surface area contributed by atoms with Crippen molar-refractivity contribution in [3.63, 3.8) is 0 Å². The number of rotatable bonds is 5. The number of esters is 1. The monoisotopic (exact) mass is 448 g/mol. The summed E-state index contributed by atoms with van der Waals surface area (Å²) in [5, 5.41) is -0.196. The molecule has 1 saturated heterocycles. The van der Waals surface area contributed by atoms with E-state index in [1.807, 2.05) is 66.9 Å². The number of nitrogens with two attached hydrogens (primary N) is 1. The van der Waals surface area contributed by atoms with Gasteiger partial charge in [-0.3, -0.25) is 9.69 Å². The highest BCUT2D eigenvalue weighted by molar-refractivity contribution is 8.05. The van der Waals surface area contributed by atoms with Crippen molar-refractivity contribution >= 4 is 47.8 Å². The van der Waals surface area contributed by atoms with Crippen LogP contribution in [0, 0.1) is 0 Å². The number of benzene rings is 2. The molecule has 152 valence electrons. The fourth-order valence-electron chi connectivity index (χ4n) is 3.38. The van der Waals surface area contributed by atoms with E-state index in [0.717, 1.165) is 16.0 Å². The summed E-state index contributed by atoms with van der Waals surface area (Å²) in [6.07, 6.45) is 1.35. The topological polar surface area (TPSA) is 72.6 Å². The zero-order valence-electron chi connectivity index (χ0n) is 15.7. The molecule has 0 radical (unpaired) electrons. The van der Waals surface area contributed by atoms with Gasteiger partial charge < -0.3 is 10.5 Å². The van der Waals surface area contributed by atoms with Crippen LogP contribution < -0.4 is 5.73 Å². The normalized spacial score (nSPS) is 20.7. The maximum absolute atomic E-state index is 13.2. The Morgan fingerprint density at radius 3 is 2.21 bits per heavy atom. The van der Waals surface area contributed by atoms with E-state index in [1.54, 1.807) is 11.8 Å². The molecule has 2 atom stereocenters. The fraction of sp³-hybridized carbons (Fsp3) is 0.238. The van der Waals surface area contributed by atoms with Crippen molar-refractivity contribution in [1.82, 2.24) is 4.90 Å². The van der Waals surface area contributed by atoms with Crippen LogP contribution in [0.3, 0.4) is 0 Å². The molecule has 0 bridgehead atoms. The Kier molecular flexibility index (Phi) is 6.95. The highest BCUT2D eigenvalue weighted by atomic mass is 35.5. The van der Waals surface area contributed by atoms with Crippen molar-refractivity contribution in [2.75, 3.05) is 12.0 Å². The van der Waals surface area contributed by atoms with Crippen LogP contribution in [0.15, 0.2) is 71.3 Å². The average molecular weight is 449 g/mol. The van der Waals surface area contributed by atoms with E-state index in [2.05, 4.69) is 0 Å². The Bertz CT molecular complexity index is 885. The summed E-state index contributed by atoms with van der Waals surface area (Å²) in [4.78, 5) is 27.9. The molecule has 2 N–H and O–H groups in total. The minimum absolute atomic E-state index is 0. The number of β-lactam (4-membered cyclic amide) rings is 1. The van der Waals surface area contributed by atoms with E-state index in [1.165, 1.54) is 16.7 Å². The highest BCUT2D eigenvalue weighted by Crippen LogP contribution is 2.43. The molecule has 2 aliphatic rings. The van der Waals surface area contributed by atoms with Gasteiger partial charge in [0.1, 0.15) is 17.1 Å². The van der Waals surface area contributed by atoms with Crippen molar-refractivity contribution < 1.29 is 14.3 Å². The molecular weight excluding hydrogens is 428 g/mol. The summed E-state index contributed by atoms with van der Waals surface area (Å²) in [5.74, 6) is -0.0750. The molecule has 4 rings (SSSR count). The van der Waals surface area contributed by atoms with Gasteiger partial charge in [0.25, 0.3) is 0 Å². The Morgan fingerprint density at radius 2 is 1.69 bits per heavy atom. The standard InChI is InChI=1S/C21H20N2O3S2.ClH/c1-27-15-12-28-20-16(22)19(24)23(20)17(15)21(25)26-18(13-8-4-2-5-9-13)14-10-6-3-7-11-14;/h2-11,16,18,20H,12,22H2,1H3;1H/t16?,20-;/m0./s1.